The van der Waals surface area contributed by atoms with Crippen molar-refractivity contribution in [3.8, 4) is 0 Å². The van der Waals surface area contributed by atoms with Gasteiger partial charge in [-0.15, -0.1) is 5.10 Å². The predicted molar refractivity (Wildman–Crippen MR) is 91.9 cm³/mol. The number of hydrogen-bond donors (Lipinski definition) is 1. The number of carbonyl (C=O) groups excluding carboxylic acids is 1. The molecular weight excluding hydrogens is 335 g/mol. The fraction of sp³-hybridized carbons (Fsp3) is 0.111. The van der Waals surface area contributed by atoms with Crippen LogP contribution in [-0.2, 0) is 13.1 Å². The second-order valence-electron chi connectivity index (χ2n) is 5.77. The van der Waals surface area contributed by atoms with E-state index in [1.165, 1.54) is 10.7 Å². The Bertz CT molecular complexity index is 1040. The molecule has 130 valence electrons. The molecule has 0 bridgehead atoms. The molecule has 1 N–H and O–H groups in total. The van der Waals surface area contributed by atoms with Crippen LogP contribution in [0.2, 0.25) is 0 Å². The van der Waals surface area contributed by atoms with Gasteiger partial charge in [0, 0.05) is 18.0 Å². The van der Waals surface area contributed by atoms with E-state index in [2.05, 4.69) is 20.6 Å². The SMILES string of the molecule is O=C(NCc1cn(Cc2ccccc2F)nn1)c1cn2ccccc2n1. The Labute approximate surface area is 148 Å². The fourth-order valence-corrected chi connectivity index (χ4v) is 2.60. The van der Waals surface area contributed by atoms with E-state index in [-0.39, 0.29) is 24.8 Å². The quantitative estimate of drug-likeness (QED) is 0.598. The highest BCUT2D eigenvalue weighted by Crippen LogP contribution is 2.08. The number of halogens is 1. The van der Waals surface area contributed by atoms with Crippen molar-refractivity contribution in [2.24, 2.45) is 0 Å². The van der Waals surface area contributed by atoms with Crippen molar-refractivity contribution in [3.05, 3.63) is 83.8 Å². The highest BCUT2D eigenvalue weighted by atomic mass is 19.1. The number of rotatable bonds is 5. The number of amides is 1. The minimum Gasteiger partial charge on any atom is -0.345 e. The van der Waals surface area contributed by atoms with Crippen LogP contribution in [0.15, 0.2) is 61.1 Å². The number of carbonyl (C=O) groups is 1. The van der Waals surface area contributed by atoms with Gasteiger partial charge in [-0.05, 0) is 18.2 Å². The number of nitrogens with zero attached hydrogens (tertiary/aromatic N) is 5. The molecule has 0 aliphatic carbocycles. The molecule has 4 aromatic rings. The van der Waals surface area contributed by atoms with Crippen LogP contribution in [0.3, 0.4) is 0 Å². The molecule has 0 radical (unpaired) electrons. The molecule has 0 saturated heterocycles. The summed E-state index contributed by atoms with van der Waals surface area (Å²) in [5.41, 5.74) is 2.14. The van der Waals surface area contributed by atoms with Gasteiger partial charge in [0.1, 0.15) is 22.9 Å². The number of benzene rings is 1. The summed E-state index contributed by atoms with van der Waals surface area (Å²) < 4.78 is 17.0. The molecule has 3 heterocycles. The summed E-state index contributed by atoms with van der Waals surface area (Å²) in [5.74, 6) is -0.581. The molecule has 0 fully saturated rings. The summed E-state index contributed by atoms with van der Waals surface area (Å²) in [6.07, 6.45) is 5.17. The first kappa shape index (κ1) is 15.9. The molecule has 8 heteroatoms. The number of nitrogens with one attached hydrogen (secondary N) is 1. The van der Waals surface area contributed by atoms with E-state index in [9.17, 15) is 9.18 Å². The van der Waals surface area contributed by atoms with Gasteiger partial charge in [0.25, 0.3) is 5.91 Å². The Balaban J connectivity index is 1.40. The molecule has 0 unspecified atom stereocenters. The average molecular weight is 350 g/mol. The van der Waals surface area contributed by atoms with Gasteiger partial charge in [-0.2, -0.15) is 0 Å². The Morgan fingerprint density at radius 3 is 2.81 bits per heavy atom. The van der Waals surface area contributed by atoms with Crippen molar-refractivity contribution in [3.63, 3.8) is 0 Å². The molecule has 0 aliphatic rings. The normalized spacial score (nSPS) is 11.0. The van der Waals surface area contributed by atoms with Crippen LogP contribution in [0.5, 0.6) is 0 Å². The first-order valence-corrected chi connectivity index (χ1v) is 8.03. The van der Waals surface area contributed by atoms with Gasteiger partial charge >= 0.3 is 0 Å². The first-order valence-electron chi connectivity index (χ1n) is 8.03. The lowest BCUT2D eigenvalue weighted by Crippen LogP contribution is -2.23. The standard InChI is InChI=1S/C18H15FN6O/c19-15-6-2-1-5-13(15)10-25-11-14(22-23-25)9-20-18(26)16-12-24-8-4-3-7-17(24)21-16/h1-8,11-12H,9-10H2,(H,20,26). The molecule has 0 spiro atoms. The number of hydrogen-bond acceptors (Lipinski definition) is 4. The molecule has 1 aromatic carbocycles. The van der Waals surface area contributed by atoms with Crippen LogP contribution in [0.1, 0.15) is 21.7 Å². The van der Waals surface area contributed by atoms with E-state index >= 15 is 0 Å². The van der Waals surface area contributed by atoms with Gasteiger partial charge in [0.15, 0.2) is 0 Å². The third-order valence-electron chi connectivity index (χ3n) is 3.90. The minimum absolute atomic E-state index is 0.212. The van der Waals surface area contributed by atoms with Crippen molar-refractivity contribution in [2.75, 3.05) is 0 Å². The van der Waals surface area contributed by atoms with Crippen LogP contribution in [0, 0.1) is 5.82 Å². The summed E-state index contributed by atoms with van der Waals surface area (Å²) in [7, 11) is 0. The third kappa shape index (κ3) is 3.30. The Morgan fingerprint density at radius 1 is 1.12 bits per heavy atom. The third-order valence-corrected chi connectivity index (χ3v) is 3.90. The fourth-order valence-electron chi connectivity index (χ4n) is 2.60. The van der Waals surface area contributed by atoms with Gasteiger partial charge in [-0.3, -0.25) is 4.79 Å². The molecule has 4 rings (SSSR count). The van der Waals surface area contributed by atoms with Gasteiger partial charge in [-0.1, -0.05) is 29.5 Å². The van der Waals surface area contributed by atoms with E-state index in [1.807, 2.05) is 24.4 Å². The second kappa shape index (κ2) is 6.75. The second-order valence-corrected chi connectivity index (χ2v) is 5.77. The van der Waals surface area contributed by atoms with Crippen LogP contribution in [0.4, 0.5) is 4.39 Å². The molecular formula is C18H15FN6O. The lowest BCUT2D eigenvalue weighted by molar-refractivity contribution is 0.0946. The zero-order valence-electron chi connectivity index (χ0n) is 13.7. The summed E-state index contributed by atoms with van der Waals surface area (Å²) in [5, 5.41) is 10.7. The van der Waals surface area contributed by atoms with Gasteiger partial charge in [-0.25, -0.2) is 14.1 Å². The minimum atomic E-state index is -0.294. The van der Waals surface area contributed by atoms with Crippen LogP contribution in [0.25, 0.3) is 5.65 Å². The maximum absolute atomic E-state index is 13.7. The van der Waals surface area contributed by atoms with Crippen molar-refractivity contribution >= 4 is 11.6 Å². The maximum Gasteiger partial charge on any atom is 0.271 e. The molecule has 1 amide bonds. The predicted octanol–water partition coefficient (Wildman–Crippen LogP) is 2.04. The number of fused-ring (bicyclic) bond motifs is 1. The monoisotopic (exact) mass is 350 g/mol. The average Bonchev–Trinajstić information content (AvgIpc) is 3.28. The molecule has 7 nitrogen and oxygen atoms in total. The van der Waals surface area contributed by atoms with Gasteiger partial charge in [0.05, 0.1) is 19.3 Å². The zero-order chi connectivity index (χ0) is 17.9. The van der Waals surface area contributed by atoms with Crippen molar-refractivity contribution in [1.82, 2.24) is 29.7 Å². The lowest BCUT2D eigenvalue weighted by Gasteiger charge is -2.02. The Kier molecular flexibility index (Phi) is 4.14. The summed E-state index contributed by atoms with van der Waals surface area (Å²) >= 11 is 0. The molecule has 0 saturated carbocycles. The first-order chi connectivity index (χ1) is 12.7. The molecule has 0 aliphatic heterocycles. The van der Waals surface area contributed by atoms with Crippen molar-refractivity contribution in [1.29, 1.82) is 0 Å². The number of imidazole rings is 1. The topological polar surface area (TPSA) is 77.1 Å². The number of pyridine rings is 1. The summed E-state index contributed by atoms with van der Waals surface area (Å²) in [6, 6.07) is 12.1. The number of aromatic nitrogens is 5. The van der Waals surface area contributed by atoms with E-state index in [0.29, 0.717) is 22.6 Å². The molecule has 0 atom stereocenters. The summed E-state index contributed by atoms with van der Waals surface area (Å²) in [6.45, 7) is 0.490. The molecule has 26 heavy (non-hydrogen) atoms. The van der Waals surface area contributed by atoms with Crippen LogP contribution < -0.4 is 5.32 Å². The summed E-state index contributed by atoms with van der Waals surface area (Å²) in [4.78, 5) is 16.5. The molecule has 3 aromatic heterocycles. The van der Waals surface area contributed by atoms with Crippen molar-refractivity contribution < 1.29 is 9.18 Å². The lowest BCUT2D eigenvalue weighted by atomic mass is 10.2. The van der Waals surface area contributed by atoms with Crippen LogP contribution >= 0.6 is 0 Å². The zero-order valence-corrected chi connectivity index (χ0v) is 13.7. The maximum atomic E-state index is 13.7. The van der Waals surface area contributed by atoms with E-state index in [4.69, 9.17) is 0 Å². The van der Waals surface area contributed by atoms with Crippen molar-refractivity contribution in [2.45, 2.75) is 13.1 Å². The van der Waals surface area contributed by atoms with E-state index in [1.54, 1.807) is 35.0 Å². The largest absolute Gasteiger partial charge is 0.345 e. The highest BCUT2D eigenvalue weighted by molar-refractivity contribution is 5.92. The van der Waals surface area contributed by atoms with E-state index < -0.39 is 0 Å². The van der Waals surface area contributed by atoms with E-state index in [0.717, 1.165) is 0 Å². The Morgan fingerprint density at radius 2 is 1.96 bits per heavy atom. The van der Waals surface area contributed by atoms with Gasteiger partial charge < -0.3 is 9.72 Å². The highest BCUT2D eigenvalue weighted by Gasteiger charge is 2.11. The smallest absolute Gasteiger partial charge is 0.271 e. The van der Waals surface area contributed by atoms with Gasteiger partial charge in [0.2, 0.25) is 0 Å². The van der Waals surface area contributed by atoms with Crippen LogP contribution in [-0.4, -0.2) is 30.3 Å². The Hall–Kier alpha value is -3.55.